The molecule has 1 aromatic carbocycles. The molecule has 2 heterocycles. The highest BCUT2D eigenvalue weighted by atomic mass is 16.5. The molecule has 128 valence electrons. The molecule has 2 aromatic rings. The molecule has 1 unspecified atom stereocenters. The standard InChI is InChI=1S/C18H24N4O2/c1-21-10-8-17(20-21)18(23)19-15-6-4-9-22(13-15)12-14-5-3-7-16(11-14)24-2/h3,5,7-8,10-11,15H,4,6,9,12-13H2,1-2H3,(H,19,23). The fourth-order valence-electron chi connectivity index (χ4n) is 3.14. The Morgan fingerprint density at radius 3 is 3.04 bits per heavy atom. The van der Waals surface area contributed by atoms with E-state index in [9.17, 15) is 4.79 Å². The molecular formula is C18H24N4O2. The van der Waals surface area contributed by atoms with Crippen molar-refractivity contribution in [1.29, 1.82) is 0 Å². The van der Waals surface area contributed by atoms with Gasteiger partial charge in [0.15, 0.2) is 0 Å². The number of hydrogen-bond donors (Lipinski definition) is 1. The third-order valence-electron chi connectivity index (χ3n) is 4.33. The van der Waals surface area contributed by atoms with E-state index in [4.69, 9.17) is 4.74 Å². The molecule has 1 aromatic heterocycles. The first kappa shape index (κ1) is 16.5. The van der Waals surface area contributed by atoms with Gasteiger partial charge in [-0.2, -0.15) is 5.10 Å². The SMILES string of the molecule is COc1cccc(CN2CCCC(NC(=O)c3ccn(C)n3)C2)c1. The van der Waals surface area contributed by atoms with Crippen molar-refractivity contribution in [2.24, 2.45) is 7.05 Å². The van der Waals surface area contributed by atoms with Crippen LogP contribution in [0.3, 0.4) is 0 Å². The van der Waals surface area contributed by atoms with Gasteiger partial charge in [0.05, 0.1) is 7.11 Å². The lowest BCUT2D eigenvalue weighted by Gasteiger charge is -2.33. The van der Waals surface area contributed by atoms with Crippen LogP contribution in [0.4, 0.5) is 0 Å². The molecule has 0 saturated carbocycles. The molecule has 1 amide bonds. The fourth-order valence-corrected chi connectivity index (χ4v) is 3.14. The predicted molar refractivity (Wildman–Crippen MR) is 92.0 cm³/mol. The van der Waals surface area contributed by atoms with Crippen molar-refractivity contribution in [3.63, 3.8) is 0 Å². The van der Waals surface area contributed by atoms with Crippen LogP contribution in [-0.2, 0) is 13.6 Å². The lowest BCUT2D eigenvalue weighted by Crippen LogP contribution is -2.47. The average molecular weight is 328 g/mol. The summed E-state index contributed by atoms with van der Waals surface area (Å²) in [5.74, 6) is 0.786. The highest BCUT2D eigenvalue weighted by Crippen LogP contribution is 2.17. The maximum atomic E-state index is 12.3. The third kappa shape index (κ3) is 4.14. The Labute approximate surface area is 142 Å². The van der Waals surface area contributed by atoms with Crippen LogP contribution < -0.4 is 10.1 Å². The summed E-state index contributed by atoms with van der Waals surface area (Å²) in [5.41, 5.74) is 1.70. The summed E-state index contributed by atoms with van der Waals surface area (Å²) in [7, 11) is 3.50. The molecule has 1 fully saturated rings. The van der Waals surface area contributed by atoms with Gasteiger partial charge in [-0.05, 0) is 43.1 Å². The second-order valence-electron chi connectivity index (χ2n) is 6.27. The van der Waals surface area contributed by atoms with Crippen LogP contribution in [0.15, 0.2) is 36.5 Å². The van der Waals surface area contributed by atoms with E-state index in [0.29, 0.717) is 5.69 Å². The molecule has 1 aliphatic heterocycles. The van der Waals surface area contributed by atoms with Crippen LogP contribution in [-0.4, -0.2) is 46.8 Å². The summed E-state index contributed by atoms with van der Waals surface area (Å²) in [4.78, 5) is 14.6. The first-order chi connectivity index (χ1) is 11.6. The van der Waals surface area contributed by atoms with Crippen molar-refractivity contribution >= 4 is 5.91 Å². The Morgan fingerprint density at radius 2 is 2.29 bits per heavy atom. The predicted octanol–water partition coefficient (Wildman–Crippen LogP) is 1.82. The van der Waals surface area contributed by atoms with E-state index in [0.717, 1.165) is 38.2 Å². The van der Waals surface area contributed by atoms with Gasteiger partial charge in [-0.25, -0.2) is 0 Å². The van der Waals surface area contributed by atoms with Crippen LogP contribution in [0, 0.1) is 0 Å². The van der Waals surface area contributed by atoms with Gasteiger partial charge < -0.3 is 10.1 Å². The summed E-state index contributed by atoms with van der Waals surface area (Å²) in [6.07, 6.45) is 3.87. The molecule has 6 heteroatoms. The summed E-state index contributed by atoms with van der Waals surface area (Å²) >= 11 is 0. The minimum Gasteiger partial charge on any atom is -0.497 e. The Morgan fingerprint density at radius 1 is 1.42 bits per heavy atom. The minimum atomic E-state index is -0.0937. The van der Waals surface area contributed by atoms with Gasteiger partial charge in [-0.1, -0.05) is 12.1 Å². The van der Waals surface area contributed by atoms with E-state index in [2.05, 4.69) is 27.4 Å². The number of methoxy groups -OCH3 is 1. The third-order valence-corrected chi connectivity index (χ3v) is 4.33. The number of nitrogens with one attached hydrogen (secondary N) is 1. The Bertz CT molecular complexity index is 698. The van der Waals surface area contributed by atoms with Crippen molar-refractivity contribution in [2.45, 2.75) is 25.4 Å². The molecule has 0 radical (unpaired) electrons. The van der Waals surface area contributed by atoms with E-state index < -0.39 is 0 Å². The lowest BCUT2D eigenvalue weighted by atomic mass is 10.0. The highest BCUT2D eigenvalue weighted by molar-refractivity contribution is 5.92. The molecule has 1 N–H and O–H groups in total. The van der Waals surface area contributed by atoms with Crippen LogP contribution in [0.25, 0.3) is 0 Å². The van der Waals surface area contributed by atoms with E-state index in [1.807, 2.05) is 19.2 Å². The molecule has 3 rings (SSSR count). The molecular weight excluding hydrogens is 304 g/mol. The Hall–Kier alpha value is -2.34. The Balaban J connectivity index is 1.56. The van der Waals surface area contributed by atoms with E-state index >= 15 is 0 Å². The van der Waals surface area contributed by atoms with Crippen molar-refractivity contribution < 1.29 is 9.53 Å². The van der Waals surface area contributed by atoms with E-state index in [1.54, 1.807) is 24.1 Å². The largest absolute Gasteiger partial charge is 0.497 e. The first-order valence-electron chi connectivity index (χ1n) is 8.30. The van der Waals surface area contributed by atoms with E-state index in [-0.39, 0.29) is 11.9 Å². The van der Waals surface area contributed by atoms with Gasteiger partial charge in [0.2, 0.25) is 0 Å². The molecule has 1 saturated heterocycles. The van der Waals surface area contributed by atoms with E-state index in [1.165, 1.54) is 5.56 Å². The summed E-state index contributed by atoms with van der Waals surface area (Å²) in [6, 6.07) is 10.0. The van der Waals surface area contributed by atoms with Crippen molar-refractivity contribution in [1.82, 2.24) is 20.0 Å². The number of hydrogen-bond acceptors (Lipinski definition) is 4. The molecule has 1 atom stereocenters. The van der Waals surface area contributed by atoms with Gasteiger partial charge in [0.25, 0.3) is 5.91 Å². The number of carbonyl (C=O) groups excluding carboxylic acids is 1. The number of amides is 1. The number of rotatable bonds is 5. The maximum Gasteiger partial charge on any atom is 0.272 e. The lowest BCUT2D eigenvalue weighted by molar-refractivity contribution is 0.0895. The smallest absolute Gasteiger partial charge is 0.272 e. The average Bonchev–Trinajstić information content (AvgIpc) is 3.02. The van der Waals surface area contributed by atoms with Crippen LogP contribution in [0.5, 0.6) is 5.75 Å². The molecule has 24 heavy (non-hydrogen) atoms. The topological polar surface area (TPSA) is 59.4 Å². The second-order valence-corrected chi connectivity index (χ2v) is 6.27. The normalized spacial score (nSPS) is 18.3. The quantitative estimate of drug-likeness (QED) is 0.910. The van der Waals surface area contributed by atoms with Gasteiger partial charge >= 0.3 is 0 Å². The second kappa shape index (κ2) is 7.49. The molecule has 6 nitrogen and oxygen atoms in total. The van der Waals surface area contributed by atoms with Crippen molar-refractivity contribution in [2.75, 3.05) is 20.2 Å². The van der Waals surface area contributed by atoms with Gasteiger partial charge in [0.1, 0.15) is 11.4 Å². The monoisotopic (exact) mass is 328 g/mol. The molecule has 0 spiro atoms. The Kier molecular flexibility index (Phi) is 5.15. The molecule has 0 aliphatic carbocycles. The van der Waals surface area contributed by atoms with Crippen molar-refractivity contribution in [3.8, 4) is 5.75 Å². The van der Waals surface area contributed by atoms with Crippen LogP contribution in [0.1, 0.15) is 28.9 Å². The number of ether oxygens (including phenoxy) is 1. The van der Waals surface area contributed by atoms with Gasteiger partial charge in [-0.15, -0.1) is 0 Å². The zero-order valence-corrected chi connectivity index (χ0v) is 14.2. The summed E-state index contributed by atoms with van der Waals surface area (Å²) < 4.78 is 6.93. The highest BCUT2D eigenvalue weighted by Gasteiger charge is 2.22. The number of aryl methyl sites for hydroxylation is 1. The zero-order chi connectivity index (χ0) is 16.9. The van der Waals surface area contributed by atoms with Crippen LogP contribution >= 0.6 is 0 Å². The number of nitrogens with zero attached hydrogens (tertiary/aromatic N) is 3. The first-order valence-corrected chi connectivity index (χ1v) is 8.30. The molecule has 0 bridgehead atoms. The minimum absolute atomic E-state index is 0.0937. The summed E-state index contributed by atoms with van der Waals surface area (Å²) in [6.45, 7) is 2.77. The van der Waals surface area contributed by atoms with Gasteiger partial charge in [-0.3, -0.25) is 14.4 Å². The van der Waals surface area contributed by atoms with Crippen molar-refractivity contribution in [3.05, 3.63) is 47.8 Å². The number of aromatic nitrogens is 2. The summed E-state index contributed by atoms with van der Waals surface area (Å²) in [5, 5.41) is 7.26. The van der Waals surface area contributed by atoms with Crippen LogP contribution in [0.2, 0.25) is 0 Å². The number of likely N-dealkylation sites (tertiary alicyclic amines) is 1. The number of piperidine rings is 1. The van der Waals surface area contributed by atoms with Gasteiger partial charge in [0, 0.05) is 32.4 Å². The zero-order valence-electron chi connectivity index (χ0n) is 14.2. The fraction of sp³-hybridized carbons (Fsp3) is 0.444. The maximum absolute atomic E-state index is 12.3. The number of benzene rings is 1. The molecule has 1 aliphatic rings. The number of carbonyl (C=O) groups is 1.